The van der Waals surface area contributed by atoms with Gasteiger partial charge in [0.25, 0.3) is 0 Å². The summed E-state index contributed by atoms with van der Waals surface area (Å²) in [5.41, 5.74) is 5.06. The lowest BCUT2D eigenvalue weighted by Crippen LogP contribution is -2.31. The highest BCUT2D eigenvalue weighted by Crippen LogP contribution is 2.28. The number of carbonyl (C=O) groups is 1. The zero-order valence-electron chi connectivity index (χ0n) is 14.1. The molecule has 0 unspecified atom stereocenters. The molecule has 0 radical (unpaired) electrons. The number of halogens is 1. The van der Waals surface area contributed by atoms with Crippen molar-refractivity contribution in [1.82, 2.24) is 5.32 Å². The fourth-order valence-corrected chi connectivity index (χ4v) is 3.77. The summed E-state index contributed by atoms with van der Waals surface area (Å²) >= 11 is 3.49. The van der Waals surface area contributed by atoms with Gasteiger partial charge >= 0.3 is 0 Å². The van der Waals surface area contributed by atoms with Gasteiger partial charge in [0.2, 0.25) is 0 Å². The van der Waals surface area contributed by atoms with Gasteiger partial charge in [0.05, 0.1) is 0 Å². The second-order valence-electron chi connectivity index (χ2n) is 6.59. The number of rotatable bonds is 5. The van der Waals surface area contributed by atoms with Gasteiger partial charge in [-0.25, -0.2) is 0 Å². The quantitative estimate of drug-likeness (QED) is 0.790. The standard InChI is InChI=1S/C21H24BrNO/c1-15-16(7-10-21(24)18-11-13-23-14-12-18)3-2-4-20(15)17-5-8-19(22)9-6-17/h2-6,8-9,18,23H,7,10-14H2,1H3. The Balaban J connectivity index is 1.71. The van der Waals surface area contributed by atoms with Gasteiger partial charge < -0.3 is 5.32 Å². The van der Waals surface area contributed by atoms with Crippen molar-refractivity contribution in [2.45, 2.75) is 32.6 Å². The van der Waals surface area contributed by atoms with Gasteiger partial charge in [0, 0.05) is 16.8 Å². The van der Waals surface area contributed by atoms with Gasteiger partial charge in [-0.15, -0.1) is 0 Å². The molecule has 1 saturated heterocycles. The monoisotopic (exact) mass is 385 g/mol. The summed E-state index contributed by atoms with van der Waals surface area (Å²) in [7, 11) is 0. The summed E-state index contributed by atoms with van der Waals surface area (Å²) < 4.78 is 1.09. The van der Waals surface area contributed by atoms with Crippen LogP contribution in [-0.4, -0.2) is 18.9 Å². The predicted octanol–water partition coefficient (Wildman–Crippen LogP) is 4.93. The summed E-state index contributed by atoms with van der Waals surface area (Å²) in [4.78, 5) is 12.4. The van der Waals surface area contributed by atoms with E-state index in [4.69, 9.17) is 0 Å². The molecule has 0 saturated carbocycles. The van der Waals surface area contributed by atoms with Crippen LogP contribution in [0.15, 0.2) is 46.9 Å². The van der Waals surface area contributed by atoms with Crippen molar-refractivity contribution in [2.24, 2.45) is 5.92 Å². The SMILES string of the molecule is Cc1c(CCC(=O)C2CCNCC2)cccc1-c1ccc(Br)cc1. The number of nitrogens with one attached hydrogen (secondary N) is 1. The Hall–Kier alpha value is -1.45. The minimum Gasteiger partial charge on any atom is -0.317 e. The molecule has 24 heavy (non-hydrogen) atoms. The topological polar surface area (TPSA) is 29.1 Å². The molecule has 0 spiro atoms. The minimum absolute atomic E-state index is 0.265. The summed E-state index contributed by atoms with van der Waals surface area (Å²) in [6.45, 7) is 4.13. The van der Waals surface area contributed by atoms with E-state index < -0.39 is 0 Å². The average Bonchev–Trinajstić information content (AvgIpc) is 2.62. The summed E-state index contributed by atoms with van der Waals surface area (Å²) in [6, 6.07) is 14.8. The van der Waals surface area contributed by atoms with Gasteiger partial charge in [-0.1, -0.05) is 46.3 Å². The molecule has 0 bridgehead atoms. The Morgan fingerprint density at radius 1 is 1.12 bits per heavy atom. The second kappa shape index (κ2) is 8.09. The Morgan fingerprint density at radius 2 is 1.83 bits per heavy atom. The Bertz CT molecular complexity index is 702. The van der Waals surface area contributed by atoms with Crippen LogP contribution in [0.5, 0.6) is 0 Å². The number of piperidine rings is 1. The van der Waals surface area contributed by atoms with Crippen molar-refractivity contribution < 1.29 is 4.79 Å². The first-order valence-electron chi connectivity index (χ1n) is 8.73. The largest absolute Gasteiger partial charge is 0.317 e. The third kappa shape index (κ3) is 4.14. The third-order valence-corrected chi connectivity index (χ3v) is 5.57. The molecule has 0 aliphatic carbocycles. The van der Waals surface area contributed by atoms with E-state index in [2.05, 4.69) is 70.6 Å². The first-order chi connectivity index (χ1) is 11.6. The van der Waals surface area contributed by atoms with Gasteiger partial charge in [0.15, 0.2) is 0 Å². The van der Waals surface area contributed by atoms with Crippen molar-refractivity contribution in [3.8, 4) is 11.1 Å². The first-order valence-corrected chi connectivity index (χ1v) is 9.52. The van der Waals surface area contributed by atoms with Crippen LogP contribution in [0, 0.1) is 12.8 Å². The van der Waals surface area contributed by atoms with Crippen LogP contribution in [0.4, 0.5) is 0 Å². The molecule has 0 aromatic heterocycles. The zero-order chi connectivity index (χ0) is 16.9. The molecule has 1 fully saturated rings. The second-order valence-corrected chi connectivity index (χ2v) is 7.50. The molecule has 1 aliphatic rings. The summed E-state index contributed by atoms with van der Waals surface area (Å²) in [6.07, 6.45) is 3.50. The number of Topliss-reactive ketones (excluding diaryl/α,β-unsaturated/α-hetero) is 1. The first kappa shape index (κ1) is 17.4. The maximum Gasteiger partial charge on any atom is 0.136 e. The molecule has 1 aliphatic heterocycles. The molecule has 126 valence electrons. The van der Waals surface area contributed by atoms with E-state index in [1.807, 2.05) is 0 Å². The normalized spacial score (nSPS) is 15.4. The van der Waals surface area contributed by atoms with Crippen LogP contribution in [0.3, 0.4) is 0 Å². The smallest absolute Gasteiger partial charge is 0.136 e. The van der Waals surface area contributed by atoms with Crippen LogP contribution < -0.4 is 5.32 Å². The van der Waals surface area contributed by atoms with E-state index in [1.54, 1.807) is 0 Å². The molecule has 1 N–H and O–H groups in total. The molecule has 0 amide bonds. The zero-order valence-corrected chi connectivity index (χ0v) is 15.7. The number of ketones is 1. The molecular weight excluding hydrogens is 362 g/mol. The highest BCUT2D eigenvalue weighted by molar-refractivity contribution is 9.10. The number of carbonyl (C=O) groups excluding carboxylic acids is 1. The number of aryl methyl sites for hydroxylation is 1. The van der Waals surface area contributed by atoms with Crippen LogP contribution in [0.25, 0.3) is 11.1 Å². The minimum atomic E-state index is 0.265. The number of benzene rings is 2. The van der Waals surface area contributed by atoms with Crippen LogP contribution >= 0.6 is 15.9 Å². The average molecular weight is 386 g/mol. The molecule has 2 nitrogen and oxygen atoms in total. The summed E-state index contributed by atoms with van der Waals surface area (Å²) in [5.74, 6) is 0.700. The van der Waals surface area contributed by atoms with Crippen LogP contribution in [-0.2, 0) is 11.2 Å². The molecule has 0 atom stereocenters. The number of hydrogen-bond donors (Lipinski definition) is 1. The van der Waals surface area contributed by atoms with Gasteiger partial charge in [-0.2, -0.15) is 0 Å². The van der Waals surface area contributed by atoms with E-state index in [-0.39, 0.29) is 5.92 Å². The van der Waals surface area contributed by atoms with Crippen molar-refractivity contribution in [3.63, 3.8) is 0 Å². The summed E-state index contributed by atoms with van der Waals surface area (Å²) in [5, 5.41) is 3.33. The molecule has 1 heterocycles. The molecule has 3 heteroatoms. The maximum absolute atomic E-state index is 12.4. The van der Waals surface area contributed by atoms with Crippen molar-refractivity contribution in [1.29, 1.82) is 0 Å². The third-order valence-electron chi connectivity index (χ3n) is 5.04. The van der Waals surface area contributed by atoms with Crippen LogP contribution in [0.1, 0.15) is 30.4 Å². The van der Waals surface area contributed by atoms with E-state index in [0.717, 1.165) is 36.8 Å². The Morgan fingerprint density at radius 3 is 2.54 bits per heavy atom. The lowest BCUT2D eigenvalue weighted by molar-refractivity contribution is -0.123. The molecular formula is C21H24BrNO. The molecule has 3 rings (SSSR count). The fourth-order valence-electron chi connectivity index (χ4n) is 3.50. The van der Waals surface area contributed by atoms with Crippen molar-refractivity contribution >= 4 is 21.7 Å². The van der Waals surface area contributed by atoms with Gasteiger partial charge in [-0.05, 0) is 73.7 Å². The lowest BCUT2D eigenvalue weighted by Gasteiger charge is -2.21. The Labute approximate surface area is 152 Å². The number of hydrogen-bond acceptors (Lipinski definition) is 2. The molecule has 2 aromatic rings. The van der Waals surface area contributed by atoms with E-state index >= 15 is 0 Å². The lowest BCUT2D eigenvalue weighted by atomic mass is 9.88. The predicted molar refractivity (Wildman–Crippen MR) is 103 cm³/mol. The van der Waals surface area contributed by atoms with Gasteiger partial charge in [-0.3, -0.25) is 4.79 Å². The Kier molecular flexibility index (Phi) is 5.85. The maximum atomic E-state index is 12.4. The van der Waals surface area contributed by atoms with Crippen LogP contribution in [0.2, 0.25) is 0 Å². The highest BCUT2D eigenvalue weighted by Gasteiger charge is 2.20. The van der Waals surface area contributed by atoms with Gasteiger partial charge in [0.1, 0.15) is 5.78 Å². The molecule has 2 aromatic carbocycles. The van der Waals surface area contributed by atoms with E-state index in [1.165, 1.54) is 22.3 Å². The van der Waals surface area contributed by atoms with Crippen molar-refractivity contribution in [3.05, 3.63) is 58.1 Å². The van der Waals surface area contributed by atoms with Crippen molar-refractivity contribution in [2.75, 3.05) is 13.1 Å². The fraction of sp³-hybridized carbons (Fsp3) is 0.381. The highest BCUT2D eigenvalue weighted by atomic mass is 79.9. The van der Waals surface area contributed by atoms with E-state index in [0.29, 0.717) is 12.2 Å². The van der Waals surface area contributed by atoms with E-state index in [9.17, 15) is 4.79 Å².